The van der Waals surface area contributed by atoms with Crippen molar-refractivity contribution in [2.24, 2.45) is 0 Å². The molecule has 0 spiro atoms. The fourth-order valence-electron chi connectivity index (χ4n) is 8.27. The molecule has 0 amide bonds. The molecule has 0 aromatic carbocycles. The van der Waals surface area contributed by atoms with Gasteiger partial charge in [-0.3, -0.25) is 14.4 Å². The maximum Gasteiger partial charge on any atom is 0.306 e. The van der Waals surface area contributed by atoms with Crippen LogP contribution in [0.5, 0.6) is 0 Å². The molecule has 0 aliphatic heterocycles. The normalized spacial score (nSPS) is 12.9. The maximum atomic E-state index is 12.9. The van der Waals surface area contributed by atoms with E-state index < -0.39 is 6.10 Å². The summed E-state index contributed by atoms with van der Waals surface area (Å²) < 4.78 is 16.9. The Labute approximate surface area is 462 Å². The van der Waals surface area contributed by atoms with Gasteiger partial charge in [-0.2, -0.15) is 0 Å². The third-order valence-corrected chi connectivity index (χ3v) is 12.9. The number of hydrogen-bond acceptors (Lipinski definition) is 6. The molecule has 0 aliphatic carbocycles. The predicted molar refractivity (Wildman–Crippen MR) is 325 cm³/mol. The monoisotopic (exact) mass is 1040 g/mol. The van der Waals surface area contributed by atoms with Crippen molar-refractivity contribution in [2.45, 2.75) is 284 Å². The van der Waals surface area contributed by atoms with Gasteiger partial charge in [0.1, 0.15) is 13.2 Å². The summed E-state index contributed by atoms with van der Waals surface area (Å²) in [5.74, 6) is -0.946. The Morgan fingerprint density at radius 2 is 0.520 bits per heavy atom. The van der Waals surface area contributed by atoms with Gasteiger partial charge in [0.25, 0.3) is 0 Å². The van der Waals surface area contributed by atoms with Crippen LogP contribution < -0.4 is 0 Å². The average Bonchev–Trinajstić information content (AvgIpc) is 3.41. The topological polar surface area (TPSA) is 78.9 Å². The molecule has 0 aromatic heterocycles. The summed E-state index contributed by atoms with van der Waals surface area (Å²) >= 11 is 0. The fourth-order valence-corrected chi connectivity index (χ4v) is 8.27. The summed E-state index contributed by atoms with van der Waals surface area (Å²) in [6.07, 6.45) is 86.1. The second-order valence-corrected chi connectivity index (χ2v) is 20.2. The van der Waals surface area contributed by atoms with Crippen LogP contribution in [0.15, 0.2) is 122 Å². The van der Waals surface area contributed by atoms with E-state index in [4.69, 9.17) is 14.2 Å². The predicted octanol–water partition coefficient (Wildman–Crippen LogP) is 21.2. The van der Waals surface area contributed by atoms with Crippen LogP contribution in [0, 0.1) is 0 Å². The Hall–Kier alpha value is -4.19. The highest BCUT2D eigenvalue weighted by atomic mass is 16.6. The van der Waals surface area contributed by atoms with Crippen LogP contribution in [0.25, 0.3) is 0 Å². The number of esters is 3. The van der Waals surface area contributed by atoms with Gasteiger partial charge >= 0.3 is 17.9 Å². The third-order valence-electron chi connectivity index (χ3n) is 12.9. The number of unbranched alkanes of at least 4 members (excludes halogenated alkanes) is 24. The van der Waals surface area contributed by atoms with E-state index in [1.807, 2.05) is 0 Å². The Morgan fingerprint density at radius 3 is 0.827 bits per heavy atom. The third kappa shape index (κ3) is 60.6. The number of ether oxygens (including phenoxy) is 3. The lowest BCUT2D eigenvalue weighted by molar-refractivity contribution is -0.167. The van der Waals surface area contributed by atoms with Gasteiger partial charge in [0.05, 0.1) is 0 Å². The molecule has 75 heavy (non-hydrogen) atoms. The van der Waals surface area contributed by atoms with Gasteiger partial charge in [-0.05, 0) is 135 Å². The number of rotatable bonds is 55. The standard InChI is InChI=1S/C69H114O6/c1-4-7-10-13-16-19-22-25-28-31-34-37-40-43-46-49-52-55-58-61-67(70)73-64-66(75-69(72)63-60-57-54-51-48-45-42-39-36-33-30-27-24-21-18-15-12-9-6-3)65-74-68(71)62-59-56-53-50-47-44-41-38-35-32-29-26-23-20-17-14-11-8-5-2/h7,10,16-21,25-30,34,36-37,39,43,46,66H,4-6,8-9,11-15,22-24,31-33,35,38,40-42,44-45,47-65H2,1-3H3/b10-7-,19-16-,20-17-,21-18-,28-25-,29-26-,30-27-,37-34-,39-36-,46-43-/t66-/m0/s1. The minimum absolute atomic E-state index is 0.0989. The number of hydrogen-bond donors (Lipinski definition) is 0. The first kappa shape index (κ1) is 70.8. The molecule has 0 aromatic rings. The zero-order valence-electron chi connectivity index (χ0n) is 48.8. The fraction of sp³-hybridized carbons (Fsp3) is 0.667. The molecule has 0 heterocycles. The van der Waals surface area contributed by atoms with Gasteiger partial charge in [-0.15, -0.1) is 0 Å². The maximum absolute atomic E-state index is 12.9. The van der Waals surface area contributed by atoms with Crippen molar-refractivity contribution in [1.82, 2.24) is 0 Å². The molecule has 0 saturated heterocycles. The van der Waals surface area contributed by atoms with E-state index in [1.54, 1.807) is 0 Å². The van der Waals surface area contributed by atoms with Gasteiger partial charge < -0.3 is 14.2 Å². The molecule has 0 fully saturated rings. The lowest BCUT2D eigenvalue weighted by atomic mass is 10.1. The Bertz CT molecular complexity index is 1570. The summed E-state index contributed by atoms with van der Waals surface area (Å²) in [5.41, 5.74) is 0. The van der Waals surface area contributed by atoms with Gasteiger partial charge in [-0.25, -0.2) is 0 Å². The van der Waals surface area contributed by atoms with Crippen molar-refractivity contribution in [2.75, 3.05) is 13.2 Å². The summed E-state index contributed by atoms with van der Waals surface area (Å²) in [6.45, 7) is 6.44. The first-order valence-corrected chi connectivity index (χ1v) is 31.0. The van der Waals surface area contributed by atoms with Crippen LogP contribution in [0.2, 0.25) is 0 Å². The van der Waals surface area contributed by atoms with Crippen LogP contribution in [0.4, 0.5) is 0 Å². The van der Waals surface area contributed by atoms with Gasteiger partial charge in [0, 0.05) is 19.3 Å². The largest absolute Gasteiger partial charge is 0.462 e. The number of carbonyl (C=O) groups excluding carboxylic acids is 3. The Morgan fingerprint density at radius 1 is 0.280 bits per heavy atom. The van der Waals surface area contributed by atoms with Crippen LogP contribution in [-0.4, -0.2) is 37.2 Å². The van der Waals surface area contributed by atoms with Crippen LogP contribution in [0.1, 0.15) is 278 Å². The molecule has 0 unspecified atom stereocenters. The smallest absolute Gasteiger partial charge is 0.306 e. The molecule has 6 nitrogen and oxygen atoms in total. The van der Waals surface area contributed by atoms with E-state index in [9.17, 15) is 14.4 Å². The van der Waals surface area contributed by atoms with E-state index in [0.29, 0.717) is 19.3 Å². The molecular weight excluding hydrogens is 925 g/mol. The van der Waals surface area contributed by atoms with Crippen molar-refractivity contribution >= 4 is 17.9 Å². The van der Waals surface area contributed by atoms with Gasteiger partial charge in [-0.1, -0.05) is 245 Å². The summed E-state index contributed by atoms with van der Waals surface area (Å²) in [7, 11) is 0. The summed E-state index contributed by atoms with van der Waals surface area (Å²) in [6, 6.07) is 0. The lowest BCUT2D eigenvalue weighted by Gasteiger charge is -2.18. The minimum atomic E-state index is -0.806. The zero-order chi connectivity index (χ0) is 54.3. The highest BCUT2D eigenvalue weighted by molar-refractivity contribution is 5.71. The molecular formula is C69H114O6. The quantitative estimate of drug-likeness (QED) is 0.0261. The van der Waals surface area contributed by atoms with Crippen LogP contribution in [0.3, 0.4) is 0 Å². The Balaban J connectivity index is 4.49. The molecule has 6 heteroatoms. The van der Waals surface area contributed by atoms with E-state index in [-0.39, 0.29) is 31.1 Å². The zero-order valence-corrected chi connectivity index (χ0v) is 48.8. The molecule has 1 atom stereocenters. The van der Waals surface area contributed by atoms with Crippen molar-refractivity contribution in [3.63, 3.8) is 0 Å². The van der Waals surface area contributed by atoms with Crippen molar-refractivity contribution in [1.29, 1.82) is 0 Å². The highest BCUT2D eigenvalue weighted by Crippen LogP contribution is 2.15. The lowest BCUT2D eigenvalue weighted by Crippen LogP contribution is -2.30. The molecule has 0 bridgehead atoms. The molecule has 0 radical (unpaired) electrons. The van der Waals surface area contributed by atoms with E-state index in [0.717, 1.165) is 128 Å². The summed E-state index contributed by atoms with van der Waals surface area (Å²) in [4.78, 5) is 38.3. The number of carbonyl (C=O) groups is 3. The second-order valence-electron chi connectivity index (χ2n) is 20.2. The molecule has 0 saturated carbocycles. The van der Waals surface area contributed by atoms with Crippen LogP contribution >= 0.6 is 0 Å². The van der Waals surface area contributed by atoms with Crippen molar-refractivity contribution in [3.05, 3.63) is 122 Å². The second kappa shape index (κ2) is 62.4. The Kier molecular flexibility index (Phi) is 58.9. The van der Waals surface area contributed by atoms with Crippen LogP contribution in [-0.2, 0) is 28.6 Å². The molecule has 0 N–H and O–H groups in total. The molecule has 0 rings (SSSR count). The first-order chi connectivity index (χ1) is 37.0. The summed E-state index contributed by atoms with van der Waals surface area (Å²) in [5, 5.41) is 0. The molecule has 0 aliphatic rings. The highest BCUT2D eigenvalue weighted by Gasteiger charge is 2.19. The number of allylic oxidation sites excluding steroid dienone is 20. The molecule has 426 valence electrons. The average molecular weight is 1040 g/mol. The van der Waals surface area contributed by atoms with Gasteiger partial charge in [0.15, 0.2) is 6.10 Å². The van der Waals surface area contributed by atoms with Crippen molar-refractivity contribution in [3.8, 4) is 0 Å². The van der Waals surface area contributed by atoms with E-state index in [2.05, 4.69) is 142 Å². The van der Waals surface area contributed by atoms with E-state index >= 15 is 0 Å². The first-order valence-electron chi connectivity index (χ1n) is 31.0. The minimum Gasteiger partial charge on any atom is -0.462 e. The van der Waals surface area contributed by atoms with Crippen molar-refractivity contribution < 1.29 is 28.6 Å². The SMILES string of the molecule is CC/C=C\C/C=C\C/C=C\C/C=C\C/C=C\CCCCCC(=O)OC[C@@H](COC(=O)CCCCCCCCCCC/C=C\C/C=C\CCCCC)OC(=O)CCCCCCCC/C=C\C/C=C\C/C=C\CCCCC. The van der Waals surface area contributed by atoms with Gasteiger partial charge in [0.2, 0.25) is 0 Å². The van der Waals surface area contributed by atoms with E-state index in [1.165, 1.54) is 109 Å².